The number of rotatable bonds is 1. The second-order valence-corrected chi connectivity index (χ2v) is 6.16. The molecule has 0 saturated heterocycles. The van der Waals surface area contributed by atoms with Gasteiger partial charge in [-0.05, 0) is 51.3 Å². The third kappa shape index (κ3) is 1.78. The first-order valence-electron chi connectivity index (χ1n) is 6.67. The van der Waals surface area contributed by atoms with Crippen molar-refractivity contribution in [1.29, 1.82) is 0 Å². The van der Waals surface area contributed by atoms with Crippen LogP contribution in [-0.4, -0.2) is 18.5 Å². The van der Waals surface area contributed by atoms with Gasteiger partial charge in [-0.3, -0.25) is 4.79 Å². The Labute approximate surface area is 108 Å². The monoisotopic (exact) mass is 244 g/mol. The Morgan fingerprint density at radius 3 is 2.72 bits per heavy atom. The van der Waals surface area contributed by atoms with E-state index in [4.69, 9.17) is 0 Å². The first-order chi connectivity index (χ1) is 8.49. The van der Waals surface area contributed by atoms with Gasteiger partial charge in [-0.25, -0.2) is 0 Å². The van der Waals surface area contributed by atoms with Crippen LogP contribution in [0.3, 0.4) is 0 Å². The minimum atomic E-state index is -0.338. The first kappa shape index (κ1) is 11.6. The van der Waals surface area contributed by atoms with Gasteiger partial charge in [0.1, 0.15) is 0 Å². The number of nitrogens with one attached hydrogen (secondary N) is 1. The van der Waals surface area contributed by atoms with Crippen LogP contribution in [0.4, 0.5) is 11.4 Å². The summed E-state index contributed by atoms with van der Waals surface area (Å²) in [5.41, 5.74) is 3.04. The molecular weight excluding hydrogens is 224 g/mol. The number of hydrogen-bond acceptors (Lipinski definition) is 2. The van der Waals surface area contributed by atoms with Crippen LogP contribution in [0.25, 0.3) is 0 Å². The van der Waals surface area contributed by atoms with E-state index in [2.05, 4.69) is 30.4 Å². The molecule has 1 heterocycles. The van der Waals surface area contributed by atoms with E-state index in [1.807, 2.05) is 18.7 Å². The molecule has 18 heavy (non-hydrogen) atoms. The standard InChI is InChI=1S/C15H20N2O/c1-10-4-7-13-12(8-10)16-9-15(2,3)14(18)17(13)11-5-6-11/h4,7-8,11,16H,5-6,9H2,1-3H3. The van der Waals surface area contributed by atoms with E-state index < -0.39 is 0 Å². The van der Waals surface area contributed by atoms with Gasteiger partial charge in [0, 0.05) is 12.6 Å². The highest BCUT2D eigenvalue weighted by molar-refractivity contribution is 6.02. The van der Waals surface area contributed by atoms with Crippen molar-refractivity contribution in [2.24, 2.45) is 5.41 Å². The summed E-state index contributed by atoms with van der Waals surface area (Å²) in [6.07, 6.45) is 2.27. The van der Waals surface area contributed by atoms with E-state index in [-0.39, 0.29) is 11.3 Å². The molecule has 1 saturated carbocycles. The molecule has 3 nitrogen and oxygen atoms in total. The maximum absolute atomic E-state index is 12.7. The second-order valence-electron chi connectivity index (χ2n) is 6.16. The molecule has 0 radical (unpaired) electrons. The van der Waals surface area contributed by atoms with Crippen LogP contribution < -0.4 is 10.2 Å². The van der Waals surface area contributed by atoms with Crippen LogP contribution in [0.2, 0.25) is 0 Å². The lowest BCUT2D eigenvalue weighted by molar-refractivity contribution is -0.125. The van der Waals surface area contributed by atoms with E-state index in [9.17, 15) is 4.79 Å². The van der Waals surface area contributed by atoms with Crippen LogP contribution in [0.5, 0.6) is 0 Å². The zero-order chi connectivity index (χ0) is 12.9. The van der Waals surface area contributed by atoms with Gasteiger partial charge in [0.25, 0.3) is 0 Å². The van der Waals surface area contributed by atoms with Gasteiger partial charge >= 0.3 is 0 Å². The van der Waals surface area contributed by atoms with Crippen LogP contribution >= 0.6 is 0 Å². The summed E-state index contributed by atoms with van der Waals surface area (Å²) in [6, 6.07) is 6.72. The molecule has 0 unspecified atom stereocenters. The number of fused-ring (bicyclic) bond motifs is 1. The normalized spacial score (nSPS) is 22.2. The molecule has 1 aromatic rings. The molecule has 1 N–H and O–H groups in total. The smallest absolute Gasteiger partial charge is 0.234 e. The Balaban J connectivity index is 2.10. The van der Waals surface area contributed by atoms with Gasteiger partial charge < -0.3 is 10.2 Å². The third-order valence-corrected chi connectivity index (χ3v) is 3.84. The van der Waals surface area contributed by atoms with Crippen molar-refractivity contribution in [3.05, 3.63) is 23.8 Å². The molecule has 0 spiro atoms. The molecule has 1 aromatic carbocycles. The van der Waals surface area contributed by atoms with Gasteiger partial charge in [0.2, 0.25) is 5.91 Å². The van der Waals surface area contributed by atoms with Crippen LogP contribution in [0, 0.1) is 12.3 Å². The molecule has 96 valence electrons. The van der Waals surface area contributed by atoms with Crippen molar-refractivity contribution in [3.8, 4) is 0 Å². The minimum Gasteiger partial charge on any atom is -0.382 e. The Morgan fingerprint density at radius 1 is 1.33 bits per heavy atom. The Hall–Kier alpha value is -1.51. The number of carbonyl (C=O) groups is 1. The quantitative estimate of drug-likeness (QED) is 0.823. The SMILES string of the molecule is Cc1ccc2c(c1)NCC(C)(C)C(=O)N2C1CC1. The summed E-state index contributed by atoms with van der Waals surface area (Å²) >= 11 is 0. The number of benzene rings is 1. The van der Waals surface area contributed by atoms with Crippen molar-refractivity contribution in [2.45, 2.75) is 39.7 Å². The van der Waals surface area contributed by atoms with Crippen LogP contribution in [-0.2, 0) is 4.79 Å². The number of anilines is 2. The van der Waals surface area contributed by atoms with Crippen molar-refractivity contribution in [1.82, 2.24) is 0 Å². The molecule has 3 rings (SSSR count). The van der Waals surface area contributed by atoms with Crippen molar-refractivity contribution in [3.63, 3.8) is 0 Å². The molecule has 2 aliphatic rings. The highest BCUT2D eigenvalue weighted by Crippen LogP contribution is 2.41. The summed E-state index contributed by atoms with van der Waals surface area (Å²) in [6.45, 7) is 6.83. The molecular formula is C15H20N2O. The van der Waals surface area contributed by atoms with Crippen LogP contribution in [0.15, 0.2) is 18.2 Å². The summed E-state index contributed by atoms with van der Waals surface area (Å²) < 4.78 is 0. The topological polar surface area (TPSA) is 32.3 Å². The summed E-state index contributed by atoms with van der Waals surface area (Å²) in [7, 11) is 0. The van der Waals surface area contributed by atoms with E-state index in [0.29, 0.717) is 12.6 Å². The number of aryl methyl sites for hydroxylation is 1. The molecule has 1 aliphatic carbocycles. The lowest BCUT2D eigenvalue weighted by atomic mass is 9.92. The predicted octanol–water partition coefficient (Wildman–Crippen LogP) is 2.94. The Morgan fingerprint density at radius 2 is 2.06 bits per heavy atom. The van der Waals surface area contributed by atoms with Crippen molar-refractivity contribution in [2.75, 3.05) is 16.8 Å². The first-order valence-corrected chi connectivity index (χ1v) is 6.67. The van der Waals surface area contributed by atoms with Gasteiger partial charge in [0.05, 0.1) is 16.8 Å². The maximum atomic E-state index is 12.7. The van der Waals surface area contributed by atoms with Gasteiger partial charge in [-0.15, -0.1) is 0 Å². The third-order valence-electron chi connectivity index (χ3n) is 3.84. The summed E-state index contributed by atoms with van der Waals surface area (Å²) in [5.74, 6) is 0.250. The second kappa shape index (κ2) is 3.74. The number of hydrogen-bond donors (Lipinski definition) is 1. The summed E-state index contributed by atoms with van der Waals surface area (Å²) in [4.78, 5) is 14.7. The van der Waals surface area contributed by atoms with Crippen LogP contribution in [0.1, 0.15) is 32.3 Å². The zero-order valence-corrected chi connectivity index (χ0v) is 11.3. The molecule has 1 aliphatic heterocycles. The average Bonchev–Trinajstić information content (AvgIpc) is 3.12. The Bertz CT molecular complexity index is 503. The highest BCUT2D eigenvalue weighted by Gasteiger charge is 2.43. The molecule has 0 bridgehead atoms. The lowest BCUT2D eigenvalue weighted by Crippen LogP contribution is -2.43. The fourth-order valence-electron chi connectivity index (χ4n) is 2.52. The maximum Gasteiger partial charge on any atom is 0.234 e. The number of carbonyl (C=O) groups excluding carboxylic acids is 1. The number of nitrogens with zero attached hydrogens (tertiary/aromatic N) is 1. The van der Waals surface area contributed by atoms with Crippen molar-refractivity contribution < 1.29 is 4.79 Å². The van der Waals surface area contributed by atoms with E-state index >= 15 is 0 Å². The van der Waals surface area contributed by atoms with Gasteiger partial charge in [-0.2, -0.15) is 0 Å². The molecule has 1 amide bonds. The lowest BCUT2D eigenvalue weighted by Gasteiger charge is -2.28. The molecule has 3 heteroatoms. The molecule has 0 aromatic heterocycles. The summed E-state index contributed by atoms with van der Waals surface area (Å²) in [5, 5.41) is 3.44. The highest BCUT2D eigenvalue weighted by atomic mass is 16.2. The number of amides is 1. The minimum absolute atomic E-state index is 0.250. The fraction of sp³-hybridized carbons (Fsp3) is 0.533. The largest absolute Gasteiger partial charge is 0.382 e. The fourth-order valence-corrected chi connectivity index (χ4v) is 2.52. The average molecular weight is 244 g/mol. The molecule has 0 atom stereocenters. The van der Waals surface area contributed by atoms with Gasteiger partial charge in [-0.1, -0.05) is 6.07 Å². The predicted molar refractivity (Wildman–Crippen MR) is 74.0 cm³/mol. The van der Waals surface area contributed by atoms with E-state index in [1.54, 1.807) is 0 Å². The molecule has 1 fully saturated rings. The van der Waals surface area contributed by atoms with E-state index in [0.717, 1.165) is 24.2 Å². The van der Waals surface area contributed by atoms with Gasteiger partial charge in [0.15, 0.2) is 0 Å². The Kier molecular flexibility index (Phi) is 2.40. The van der Waals surface area contributed by atoms with Crippen molar-refractivity contribution >= 4 is 17.3 Å². The van der Waals surface area contributed by atoms with E-state index in [1.165, 1.54) is 5.56 Å². The zero-order valence-electron chi connectivity index (χ0n) is 11.3.